The second-order valence-electron chi connectivity index (χ2n) is 10.3. The third-order valence-electron chi connectivity index (χ3n) is 7.17. The number of hydrogen-bond donors (Lipinski definition) is 2. The van der Waals surface area contributed by atoms with Crippen LogP contribution in [0.5, 0.6) is 0 Å². The number of benzene rings is 2. The fraction of sp³-hybridized carbons (Fsp3) is 0.406. The van der Waals surface area contributed by atoms with Crippen LogP contribution in [0.3, 0.4) is 0 Å². The molecular formula is C32H38N2O5S. The smallest absolute Gasteiger partial charge is 0.408 e. The summed E-state index contributed by atoms with van der Waals surface area (Å²) < 4.78 is 10.8. The summed E-state index contributed by atoms with van der Waals surface area (Å²) in [7, 11) is 0. The number of alkyl carbamates (subject to hydrolysis) is 1. The van der Waals surface area contributed by atoms with E-state index < -0.39 is 18.2 Å². The highest BCUT2D eigenvalue weighted by Gasteiger charge is 2.30. The van der Waals surface area contributed by atoms with E-state index in [4.69, 9.17) is 9.15 Å². The van der Waals surface area contributed by atoms with Gasteiger partial charge in [0.15, 0.2) is 5.78 Å². The van der Waals surface area contributed by atoms with Crippen LogP contribution in [0, 0.1) is 5.92 Å². The van der Waals surface area contributed by atoms with Gasteiger partial charge in [-0.25, -0.2) is 4.79 Å². The number of thioether (sulfide) groups is 1. The predicted molar refractivity (Wildman–Crippen MR) is 157 cm³/mol. The van der Waals surface area contributed by atoms with Gasteiger partial charge in [0.05, 0.1) is 23.8 Å². The van der Waals surface area contributed by atoms with Gasteiger partial charge >= 0.3 is 6.09 Å². The van der Waals surface area contributed by atoms with Crippen molar-refractivity contribution in [1.82, 2.24) is 10.6 Å². The topological polar surface area (TPSA) is 97.6 Å². The molecule has 0 saturated heterocycles. The van der Waals surface area contributed by atoms with Gasteiger partial charge in [0.2, 0.25) is 5.91 Å². The summed E-state index contributed by atoms with van der Waals surface area (Å²) in [5.41, 5.74) is 1.82. The lowest BCUT2D eigenvalue weighted by molar-refractivity contribution is -0.128. The number of carbonyl (C=O) groups excluding carboxylic acids is 3. The van der Waals surface area contributed by atoms with E-state index in [9.17, 15) is 14.4 Å². The molecule has 212 valence electrons. The predicted octanol–water partition coefficient (Wildman–Crippen LogP) is 6.07. The molecule has 1 heterocycles. The van der Waals surface area contributed by atoms with Crippen molar-refractivity contribution in [3.63, 3.8) is 0 Å². The van der Waals surface area contributed by atoms with Gasteiger partial charge in [-0.15, -0.1) is 11.8 Å². The lowest BCUT2D eigenvalue weighted by Crippen LogP contribution is -2.53. The number of Topliss-reactive ketones (excluding diaryl/α,β-unsaturated/α-hetero) is 1. The molecule has 0 bridgehead atoms. The van der Waals surface area contributed by atoms with Crippen molar-refractivity contribution in [3.05, 3.63) is 95.9 Å². The van der Waals surface area contributed by atoms with Crippen molar-refractivity contribution >= 4 is 29.5 Å². The Morgan fingerprint density at radius 1 is 0.850 bits per heavy atom. The molecule has 2 aromatic carbocycles. The SMILES string of the molecule is O=C(NC(CC1CCCCC1)C(=O)NC(Cc1ccccc1)C(=O)CSCc1ccco1)OCc1ccccc1. The van der Waals surface area contributed by atoms with Crippen LogP contribution in [0.15, 0.2) is 83.5 Å². The van der Waals surface area contributed by atoms with Gasteiger partial charge in [-0.3, -0.25) is 9.59 Å². The Hall–Kier alpha value is -3.52. The minimum absolute atomic E-state index is 0.0724. The number of amides is 2. The first kappa shape index (κ1) is 29.5. The number of nitrogens with one attached hydrogen (secondary N) is 2. The third-order valence-corrected chi connectivity index (χ3v) is 8.15. The first-order valence-electron chi connectivity index (χ1n) is 14.0. The Labute approximate surface area is 240 Å². The number of rotatable bonds is 14. The summed E-state index contributed by atoms with van der Waals surface area (Å²) in [5.74, 6) is 1.52. The molecule has 2 atom stereocenters. The molecule has 0 aliphatic heterocycles. The number of furan rings is 1. The fourth-order valence-corrected chi connectivity index (χ4v) is 5.88. The summed E-state index contributed by atoms with van der Waals surface area (Å²) in [5, 5.41) is 5.78. The van der Waals surface area contributed by atoms with E-state index in [1.54, 1.807) is 6.26 Å². The Kier molecular flexibility index (Phi) is 11.7. The highest BCUT2D eigenvalue weighted by molar-refractivity contribution is 7.99. The van der Waals surface area contributed by atoms with Crippen molar-refractivity contribution in [2.24, 2.45) is 5.92 Å². The molecule has 1 aliphatic rings. The van der Waals surface area contributed by atoms with Crippen LogP contribution in [0.25, 0.3) is 0 Å². The second kappa shape index (κ2) is 15.9. The van der Waals surface area contributed by atoms with Crippen molar-refractivity contribution < 1.29 is 23.5 Å². The number of ketones is 1. The minimum Gasteiger partial charge on any atom is -0.468 e. The fourth-order valence-electron chi connectivity index (χ4n) is 5.01. The van der Waals surface area contributed by atoms with Crippen molar-refractivity contribution in [2.75, 3.05) is 5.75 Å². The lowest BCUT2D eigenvalue weighted by Gasteiger charge is -2.28. The molecule has 0 radical (unpaired) electrons. The summed E-state index contributed by atoms with van der Waals surface area (Å²) in [6, 6.07) is 21.3. The maximum Gasteiger partial charge on any atom is 0.408 e. The Balaban J connectivity index is 1.41. The van der Waals surface area contributed by atoms with Crippen LogP contribution in [0.4, 0.5) is 4.79 Å². The van der Waals surface area contributed by atoms with Gasteiger partial charge < -0.3 is 19.8 Å². The normalized spacial score (nSPS) is 15.1. The van der Waals surface area contributed by atoms with E-state index in [0.29, 0.717) is 24.5 Å². The Bertz CT molecular complexity index is 1180. The zero-order valence-corrected chi connectivity index (χ0v) is 23.6. The Morgan fingerprint density at radius 2 is 1.55 bits per heavy atom. The van der Waals surface area contributed by atoms with E-state index in [1.165, 1.54) is 18.2 Å². The van der Waals surface area contributed by atoms with Crippen LogP contribution in [-0.4, -0.2) is 35.6 Å². The quantitative estimate of drug-likeness (QED) is 0.247. The van der Waals surface area contributed by atoms with Crippen molar-refractivity contribution in [3.8, 4) is 0 Å². The van der Waals surface area contributed by atoms with Crippen LogP contribution < -0.4 is 10.6 Å². The highest BCUT2D eigenvalue weighted by atomic mass is 32.2. The van der Waals surface area contributed by atoms with Gasteiger partial charge in [0, 0.05) is 0 Å². The summed E-state index contributed by atoms with van der Waals surface area (Å²) >= 11 is 1.45. The molecule has 2 amide bonds. The number of carbonyl (C=O) groups is 3. The van der Waals surface area contributed by atoms with Crippen molar-refractivity contribution in [1.29, 1.82) is 0 Å². The number of hydrogen-bond acceptors (Lipinski definition) is 6. The first-order valence-corrected chi connectivity index (χ1v) is 15.2. The molecule has 2 N–H and O–H groups in total. The molecular weight excluding hydrogens is 524 g/mol. The standard InChI is InChI=1S/C32H38N2O5S/c35-30(23-40-22-27-17-10-18-38-27)28(19-24-11-4-1-5-12-24)33-31(36)29(20-25-13-6-2-7-14-25)34-32(37)39-21-26-15-8-3-9-16-26/h1,3-5,8-12,15-18,25,28-29H,2,6-7,13-14,19-23H2,(H,33,36)(H,34,37). The van der Waals surface area contributed by atoms with E-state index >= 15 is 0 Å². The Morgan fingerprint density at radius 3 is 2.23 bits per heavy atom. The molecule has 40 heavy (non-hydrogen) atoms. The van der Waals surface area contributed by atoms with E-state index in [1.807, 2.05) is 72.8 Å². The van der Waals surface area contributed by atoms with Gasteiger partial charge in [0.25, 0.3) is 0 Å². The maximum atomic E-state index is 13.6. The minimum atomic E-state index is -0.784. The molecule has 7 nitrogen and oxygen atoms in total. The molecule has 8 heteroatoms. The summed E-state index contributed by atoms with van der Waals surface area (Å²) in [6.45, 7) is 0.118. The molecule has 1 aliphatic carbocycles. The first-order chi connectivity index (χ1) is 19.6. The second-order valence-corrected chi connectivity index (χ2v) is 11.3. The van der Waals surface area contributed by atoms with E-state index in [-0.39, 0.29) is 24.1 Å². The van der Waals surface area contributed by atoms with Crippen LogP contribution >= 0.6 is 11.8 Å². The number of ether oxygens (including phenoxy) is 1. The van der Waals surface area contributed by atoms with E-state index in [0.717, 1.165) is 42.6 Å². The summed E-state index contributed by atoms with van der Waals surface area (Å²) in [4.78, 5) is 39.7. The molecule has 1 fully saturated rings. The van der Waals surface area contributed by atoms with Crippen molar-refractivity contribution in [2.45, 2.75) is 69.4 Å². The van der Waals surface area contributed by atoms with Crippen LogP contribution in [-0.2, 0) is 33.1 Å². The monoisotopic (exact) mass is 562 g/mol. The van der Waals surface area contributed by atoms with Gasteiger partial charge in [-0.1, -0.05) is 92.8 Å². The summed E-state index contributed by atoms with van der Waals surface area (Å²) in [6.07, 6.45) is 7.37. The van der Waals surface area contributed by atoms with Crippen LogP contribution in [0.1, 0.15) is 55.4 Å². The highest BCUT2D eigenvalue weighted by Crippen LogP contribution is 2.27. The third kappa shape index (κ3) is 9.90. The zero-order valence-electron chi connectivity index (χ0n) is 22.8. The van der Waals surface area contributed by atoms with Crippen LogP contribution in [0.2, 0.25) is 0 Å². The van der Waals surface area contributed by atoms with E-state index in [2.05, 4.69) is 10.6 Å². The zero-order chi connectivity index (χ0) is 28.0. The lowest BCUT2D eigenvalue weighted by atomic mass is 9.84. The molecule has 4 rings (SSSR count). The van der Waals surface area contributed by atoms with Gasteiger partial charge in [-0.2, -0.15) is 0 Å². The molecule has 2 unspecified atom stereocenters. The molecule has 1 saturated carbocycles. The van der Waals surface area contributed by atoms with Gasteiger partial charge in [0.1, 0.15) is 18.4 Å². The largest absolute Gasteiger partial charge is 0.468 e. The van der Waals surface area contributed by atoms with Gasteiger partial charge in [-0.05, 0) is 42.0 Å². The average molecular weight is 563 g/mol. The molecule has 1 aromatic heterocycles. The molecule has 3 aromatic rings. The maximum absolute atomic E-state index is 13.6. The average Bonchev–Trinajstić information content (AvgIpc) is 3.50. The molecule has 0 spiro atoms.